The van der Waals surface area contributed by atoms with E-state index in [1.807, 2.05) is 32.9 Å². The molecule has 0 aromatic carbocycles. The van der Waals surface area contributed by atoms with Crippen LogP contribution >= 0.6 is 11.6 Å². The van der Waals surface area contributed by atoms with Gasteiger partial charge in [0.05, 0.1) is 11.1 Å². The Morgan fingerprint density at radius 1 is 1.38 bits per heavy atom. The zero-order valence-corrected chi connectivity index (χ0v) is 13.0. The second-order valence-corrected chi connectivity index (χ2v) is 5.11. The highest BCUT2D eigenvalue weighted by atomic mass is 35.5. The number of pyridine rings is 1. The molecule has 0 saturated carbocycles. The first-order chi connectivity index (χ1) is 10.0. The van der Waals surface area contributed by atoms with Gasteiger partial charge in [-0.3, -0.25) is 4.79 Å². The molecule has 2 aromatic heterocycles. The standard InChI is InChI=1S/C15H18ClN3O2/c1-4-17-13-8-6-11(16)14(19-13)15(20)18-10(3)12-7-5-9(2)21-12/h5-8,10H,4H2,1-3H3,(H,17,19)(H,18,20). The third kappa shape index (κ3) is 3.76. The number of rotatable bonds is 5. The van der Waals surface area contributed by atoms with Gasteiger partial charge in [-0.2, -0.15) is 0 Å². The summed E-state index contributed by atoms with van der Waals surface area (Å²) < 4.78 is 5.49. The summed E-state index contributed by atoms with van der Waals surface area (Å²) in [6.07, 6.45) is 0. The fraction of sp³-hybridized carbons (Fsp3) is 0.333. The zero-order valence-electron chi connectivity index (χ0n) is 12.2. The molecular formula is C15H18ClN3O2. The lowest BCUT2D eigenvalue weighted by molar-refractivity contribution is 0.0930. The van der Waals surface area contributed by atoms with E-state index in [1.165, 1.54) is 0 Å². The van der Waals surface area contributed by atoms with Crippen LogP contribution < -0.4 is 10.6 Å². The minimum atomic E-state index is -0.332. The molecule has 2 aromatic rings. The summed E-state index contributed by atoms with van der Waals surface area (Å²) >= 11 is 6.05. The van der Waals surface area contributed by atoms with E-state index in [9.17, 15) is 4.79 Å². The van der Waals surface area contributed by atoms with Gasteiger partial charge >= 0.3 is 0 Å². The highest BCUT2D eigenvalue weighted by Gasteiger charge is 2.18. The molecule has 0 aliphatic heterocycles. The highest BCUT2D eigenvalue weighted by Crippen LogP contribution is 2.19. The summed E-state index contributed by atoms with van der Waals surface area (Å²) in [6, 6.07) is 6.83. The number of amides is 1. The van der Waals surface area contributed by atoms with Gasteiger partial charge in [-0.1, -0.05) is 11.6 Å². The largest absolute Gasteiger partial charge is 0.464 e. The lowest BCUT2D eigenvalue weighted by Gasteiger charge is -2.12. The van der Waals surface area contributed by atoms with Crippen molar-refractivity contribution in [3.8, 4) is 0 Å². The van der Waals surface area contributed by atoms with E-state index >= 15 is 0 Å². The number of furan rings is 1. The monoisotopic (exact) mass is 307 g/mol. The van der Waals surface area contributed by atoms with Gasteiger partial charge in [0, 0.05) is 6.54 Å². The first-order valence-electron chi connectivity index (χ1n) is 6.79. The van der Waals surface area contributed by atoms with Crippen molar-refractivity contribution in [3.63, 3.8) is 0 Å². The molecule has 0 saturated heterocycles. The fourth-order valence-corrected chi connectivity index (χ4v) is 2.09. The van der Waals surface area contributed by atoms with Crippen LogP contribution in [0.4, 0.5) is 5.82 Å². The van der Waals surface area contributed by atoms with Gasteiger partial charge < -0.3 is 15.1 Å². The van der Waals surface area contributed by atoms with Crippen molar-refractivity contribution in [2.45, 2.75) is 26.8 Å². The Balaban J connectivity index is 2.14. The lowest BCUT2D eigenvalue weighted by atomic mass is 10.2. The van der Waals surface area contributed by atoms with E-state index in [2.05, 4.69) is 15.6 Å². The second-order valence-electron chi connectivity index (χ2n) is 4.70. The Morgan fingerprint density at radius 3 is 2.76 bits per heavy atom. The molecule has 0 fully saturated rings. The number of nitrogens with zero attached hydrogens (tertiary/aromatic N) is 1. The first-order valence-corrected chi connectivity index (χ1v) is 7.16. The van der Waals surface area contributed by atoms with E-state index in [0.717, 1.165) is 12.3 Å². The minimum Gasteiger partial charge on any atom is -0.464 e. The Labute approximate surface area is 128 Å². The van der Waals surface area contributed by atoms with Gasteiger partial charge in [0.15, 0.2) is 0 Å². The average molecular weight is 308 g/mol. The lowest BCUT2D eigenvalue weighted by Crippen LogP contribution is -2.27. The molecule has 5 nitrogen and oxygen atoms in total. The Morgan fingerprint density at radius 2 is 2.14 bits per heavy atom. The van der Waals surface area contributed by atoms with Gasteiger partial charge in [-0.25, -0.2) is 4.98 Å². The number of hydrogen-bond donors (Lipinski definition) is 2. The summed E-state index contributed by atoms with van der Waals surface area (Å²) in [5.41, 5.74) is 0.199. The molecule has 0 bridgehead atoms. The molecule has 0 aliphatic rings. The van der Waals surface area contributed by atoms with E-state index in [-0.39, 0.29) is 17.6 Å². The van der Waals surface area contributed by atoms with Crippen molar-refractivity contribution in [2.24, 2.45) is 0 Å². The zero-order chi connectivity index (χ0) is 15.4. The van der Waals surface area contributed by atoms with Gasteiger partial charge in [-0.15, -0.1) is 0 Å². The molecule has 112 valence electrons. The van der Waals surface area contributed by atoms with Crippen LogP contribution in [0.25, 0.3) is 0 Å². The molecular weight excluding hydrogens is 290 g/mol. The van der Waals surface area contributed by atoms with E-state index in [0.29, 0.717) is 16.6 Å². The smallest absolute Gasteiger partial charge is 0.272 e. The maximum Gasteiger partial charge on any atom is 0.272 e. The summed E-state index contributed by atoms with van der Waals surface area (Å²) in [4.78, 5) is 16.5. The van der Waals surface area contributed by atoms with Crippen molar-refractivity contribution in [1.82, 2.24) is 10.3 Å². The number of carbonyl (C=O) groups excluding carboxylic acids is 1. The third-order valence-corrected chi connectivity index (χ3v) is 3.26. The van der Waals surface area contributed by atoms with Crippen molar-refractivity contribution < 1.29 is 9.21 Å². The quantitative estimate of drug-likeness (QED) is 0.886. The van der Waals surface area contributed by atoms with Crippen LogP contribution in [0.5, 0.6) is 0 Å². The number of nitrogens with one attached hydrogen (secondary N) is 2. The fourth-order valence-electron chi connectivity index (χ4n) is 1.90. The highest BCUT2D eigenvalue weighted by molar-refractivity contribution is 6.33. The van der Waals surface area contributed by atoms with Crippen LogP contribution in [0.15, 0.2) is 28.7 Å². The van der Waals surface area contributed by atoms with Crippen LogP contribution in [0.2, 0.25) is 5.02 Å². The van der Waals surface area contributed by atoms with Crippen LogP contribution in [0.3, 0.4) is 0 Å². The molecule has 0 aliphatic carbocycles. The number of halogens is 1. The molecule has 6 heteroatoms. The SMILES string of the molecule is CCNc1ccc(Cl)c(C(=O)NC(C)c2ccc(C)o2)n1. The van der Waals surface area contributed by atoms with Crippen LogP contribution in [-0.2, 0) is 0 Å². The molecule has 2 rings (SSSR count). The number of aromatic nitrogens is 1. The van der Waals surface area contributed by atoms with Gasteiger partial charge in [-0.05, 0) is 45.0 Å². The average Bonchev–Trinajstić information content (AvgIpc) is 2.88. The van der Waals surface area contributed by atoms with Gasteiger partial charge in [0.25, 0.3) is 5.91 Å². The van der Waals surface area contributed by atoms with E-state index in [4.69, 9.17) is 16.0 Å². The molecule has 1 unspecified atom stereocenters. The maximum absolute atomic E-state index is 12.3. The summed E-state index contributed by atoms with van der Waals surface area (Å²) in [6.45, 7) is 6.38. The Hall–Kier alpha value is -2.01. The van der Waals surface area contributed by atoms with Crippen LogP contribution in [0.1, 0.15) is 41.9 Å². The molecule has 2 heterocycles. The molecule has 1 amide bonds. The van der Waals surface area contributed by atoms with E-state index in [1.54, 1.807) is 12.1 Å². The molecule has 2 N–H and O–H groups in total. The van der Waals surface area contributed by atoms with Crippen LogP contribution in [-0.4, -0.2) is 17.4 Å². The Kier molecular flexibility index (Phi) is 4.85. The van der Waals surface area contributed by atoms with Crippen molar-refractivity contribution in [2.75, 3.05) is 11.9 Å². The molecule has 0 radical (unpaired) electrons. The van der Waals surface area contributed by atoms with Gasteiger partial charge in [0.2, 0.25) is 0 Å². The predicted octanol–water partition coefficient (Wildman–Crippen LogP) is 3.56. The minimum absolute atomic E-state index is 0.199. The van der Waals surface area contributed by atoms with Crippen molar-refractivity contribution >= 4 is 23.3 Å². The molecule has 21 heavy (non-hydrogen) atoms. The predicted molar refractivity (Wildman–Crippen MR) is 82.7 cm³/mol. The summed E-state index contributed by atoms with van der Waals surface area (Å²) in [7, 11) is 0. The number of carbonyl (C=O) groups is 1. The van der Waals surface area contributed by atoms with Crippen LogP contribution in [0, 0.1) is 6.92 Å². The van der Waals surface area contributed by atoms with Crippen molar-refractivity contribution in [1.29, 1.82) is 0 Å². The second kappa shape index (κ2) is 6.63. The topological polar surface area (TPSA) is 67.2 Å². The van der Waals surface area contributed by atoms with Gasteiger partial charge in [0.1, 0.15) is 23.0 Å². The normalized spacial score (nSPS) is 12.0. The Bertz CT molecular complexity index is 640. The number of hydrogen-bond acceptors (Lipinski definition) is 4. The molecule has 0 spiro atoms. The summed E-state index contributed by atoms with van der Waals surface area (Å²) in [5.74, 6) is 1.78. The summed E-state index contributed by atoms with van der Waals surface area (Å²) in [5, 5.41) is 6.20. The third-order valence-electron chi connectivity index (χ3n) is 2.95. The van der Waals surface area contributed by atoms with Crippen molar-refractivity contribution in [3.05, 3.63) is 46.5 Å². The number of anilines is 1. The molecule has 1 atom stereocenters. The first kappa shape index (κ1) is 15.4. The van der Waals surface area contributed by atoms with E-state index < -0.39 is 0 Å². The number of aryl methyl sites for hydroxylation is 1. The maximum atomic E-state index is 12.3.